The average Bonchev–Trinajstić information content (AvgIpc) is 2.56. The van der Waals surface area contributed by atoms with Gasteiger partial charge in [0.15, 0.2) is 0 Å². The van der Waals surface area contributed by atoms with Crippen molar-refractivity contribution in [2.45, 2.75) is 20.3 Å². The van der Waals surface area contributed by atoms with Crippen LogP contribution in [0.15, 0.2) is 22.1 Å². The fourth-order valence-electron chi connectivity index (χ4n) is 1.09. The average molecular weight is 203 g/mol. The van der Waals surface area contributed by atoms with Crippen LogP contribution in [0.2, 0.25) is 0 Å². The van der Waals surface area contributed by atoms with Crippen LogP contribution in [0.25, 0.3) is 0 Å². The zero-order chi connectivity index (χ0) is 8.81. The van der Waals surface area contributed by atoms with E-state index in [1.54, 1.807) is 0 Å². The zero-order valence-corrected chi connectivity index (χ0v) is 9.23. The monoisotopic (exact) mass is 203 g/mol. The van der Waals surface area contributed by atoms with Gasteiger partial charge in [-0.1, -0.05) is 0 Å². The van der Waals surface area contributed by atoms with Crippen LogP contribution in [0.4, 0.5) is 0 Å². The molecule has 1 rings (SSSR count). The van der Waals surface area contributed by atoms with Crippen LogP contribution in [0.1, 0.15) is 20.3 Å². The quantitative estimate of drug-likeness (QED) is 0.638. The summed E-state index contributed by atoms with van der Waals surface area (Å²) >= 11 is -1.76. The Morgan fingerprint density at radius 1 is 1.33 bits per heavy atom. The second kappa shape index (κ2) is 5.71. The van der Waals surface area contributed by atoms with Crippen molar-refractivity contribution in [2.75, 3.05) is 13.2 Å². The van der Waals surface area contributed by atoms with E-state index in [4.69, 9.17) is 6.64 Å². The molecule has 0 saturated carbocycles. The number of rotatable bonds is 5. The van der Waals surface area contributed by atoms with Crippen molar-refractivity contribution in [3.05, 3.63) is 22.1 Å². The van der Waals surface area contributed by atoms with Gasteiger partial charge in [-0.25, -0.2) is 0 Å². The van der Waals surface area contributed by atoms with Crippen molar-refractivity contribution in [3.63, 3.8) is 0 Å². The topological polar surface area (TPSA) is 18.5 Å². The second-order valence-corrected chi connectivity index (χ2v) is 5.28. The molecule has 0 aromatic heterocycles. The van der Waals surface area contributed by atoms with Gasteiger partial charge in [-0.2, -0.15) is 0 Å². The molecule has 0 N–H and O–H groups in total. The Morgan fingerprint density at radius 3 is 2.42 bits per heavy atom. The third-order valence-corrected chi connectivity index (χ3v) is 4.70. The van der Waals surface area contributed by atoms with Crippen molar-refractivity contribution in [1.29, 1.82) is 0 Å². The van der Waals surface area contributed by atoms with Gasteiger partial charge in [0.05, 0.1) is 0 Å². The molecule has 1 aliphatic rings. The van der Waals surface area contributed by atoms with Gasteiger partial charge in [0, 0.05) is 0 Å². The number of hydrogen-bond acceptors (Lipinski definition) is 2. The standard InChI is InChI=1S/C5H5.2C2H5O.Ti/c1-2-4-5-3-1;2*1-2-3;/h1-3H,4H2;2*2H2,1H3;/q;2*-1;+2. The van der Waals surface area contributed by atoms with E-state index in [-0.39, 0.29) is 0 Å². The van der Waals surface area contributed by atoms with Gasteiger partial charge in [-0.3, -0.25) is 0 Å². The Bertz CT molecular complexity index is 181. The molecule has 0 aromatic carbocycles. The van der Waals surface area contributed by atoms with E-state index in [0.29, 0.717) is 0 Å². The maximum absolute atomic E-state index is 5.60. The van der Waals surface area contributed by atoms with E-state index in [1.807, 2.05) is 13.8 Å². The molecule has 0 spiro atoms. The van der Waals surface area contributed by atoms with Gasteiger partial charge in [0.1, 0.15) is 0 Å². The predicted molar refractivity (Wildman–Crippen MR) is 45.1 cm³/mol. The Balaban J connectivity index is 2.41. The molecular weight excluding hydrogens is 188 g/mol. The Hall–Kier alpha value is 0.114. The van der Waals surface area contributed by atoms with Gasteiger partial charge < -0.3 is 0 Å². The van der Waals surface area contributed by atoms with Crippen LogP contribution in [0, 0.1) is 0 Å². The third-order valence-electron chi connectivity index (χ3n) is 1.58. The molecule has 0 bridgehead atoms. The number of hydrogen-bond donors (Lipinski definition) is 0. The van der Waals surface area contributed by atoms with Crippen LogP contribution in [0.5, 0.6) is 0 Å². The maximum atomic E-state index is 5.60. The minimum absolute atomic E-state index is 0.771. The van der Waals surface area contributed by atoms with Crippen LogP contribution in [-0.2, 0) is 25.3 Å². The summed E-state index contributed by atoms with van der Waals surface area (Å²) < 4.78 is 12.6. The summed E-state index contributed by atoms with van der Waals surface area (Å²) in [6.45, 7) is 5.59. The van der Waals surface area contributed by atoms with E-state index >= 15 is 0 Å². The first-order chi connectivity index (χ1) is 5.88. The second-order valence-electron chi connectivity index (χ2n) is 2.48. The summed E-state index contributed by atoms with van der Waals surface area (Å²) in [5.74, 6) is 0. The molecule has 0 fully saturated rings. The van der Waals surface area contributed by atoms with E-state index in [2.05, 4.69) is 18.2 Å². The SMILES string of the molecule is CC[O][Ti]([O]CC)[C]1=CC=CC1. The van der Waals surface area contributed by atoms with Crippen LogP contribution in [0.3, 0.4) is 0 Å². The molecule has 0 aromatic rings. The molecule has 67 valence electrons. The summed E-state index contributed by atoms with van der Waals surface area (Å²) in [7, 11) is 0. The Morgan fingerprint density at radius 2 is 2.00 bits per heavy atom. The Kier molecular flexibility index (Phi) is 4.85. The fourth-order valence-corrected chi connectivity index (χ4v) is 3.42. The van der Waals surface area contributed by atoms with Crippen molar-refractivity contribution >= 4 is 0 Å². The van der Waals surface area contributed by atoms with Crippen LogP contribution in [-0.4, -0.2) is 13.2 Å². The van der Waals surface area contributed by atoms with Gasteiger partial charge in [-0.15, -0.1) is 0 Å². The van der Waals surface area contributed by atoms with Crippen LogP contribution < -0.4 is 0 Å². The molecule has 0 heterocycles. The van der Waals surface area contributed by atoms with E-state index in [1.165, 1.54) is 3.88 Å². The van der Waals surface area contributed by atoms with E-state index in [0.717, 1.165) is 19.6 Å². The Labute approximate surface area is 81.0 Å². The molecule has 2 nitrogen and oxygen atoms in total. The molecule has 1 aliphatic carbocycles. The molecule has 0 amide bonds. The first kappa shape index (κ1) is 10.2. The summed E-state index contributed by atoms with van der Waals surface area (Å²) in [6.07, 6.45) is 7.41. The van der Waals surface area contributed by atoms with Gasteiger partial charge in [0.2, 0.25) is 0 Å². The molecule has 3 heteroatoms. The molecule has 0 atom stereocenters. The molecular formula is C9H15O2Ti. The zero-order valence-electron chi connectivity index (χ0n) is 7.67. The van der Waals surface area contributed by atoms with Crippen LogP contribution >= 0.6 is 0 Å². The summed E-state index contributed by atoms with van der Waals surface area (Å²) in [5.41, 5.74) is 0. The first-order valence-electron chi connectivity index (χ1n) is 4.37. The molecule has 0 unspecified atom stereocenters. The van der Waals surface area contributed by atoms with Crippen molar-refractivity contribution < 1.29 is 25.3 Å². The van der Waals surface area contributed by atoms with Gasteiger partial charge >= 0.3 is 80.9 Å². The minimum atomic E-state index is -1.76. The van der Waals surface area contributed by atoms with Gasteiger partial charge in [0.25, 0.3) is 0 Å². The summed E-state index contributed by atoms with van der Waals surface area (Å²) in [5, 5.41) is 0. The summed E-state index contributed by atoms with van der Waals surface area (Å²) in [4.78, 5) is 0. The fraction of sp³-hybridized carbons (Fsp3) is 0.556. The molecule has 0 saturated heterocycles. The van der Waals surface area contributed by atoms with Crippen molar-refractivity contribution in [2.24, 2.45) is 0 Å². The number of allylic oxidation sites excluding steroid dienone is 4. The first-order valence-corrected chi connectivity index (χ1v) is 6.42. The molecule has 0 radical (unpaired) electrons. The summed E-state index contributed by atoms with van der Waals surface area (Å²) in [6, 6.07) is 0. The van der Waals surface area contributed by atoms with E-state index in [9.17, 15) is 0 Å². The van der Waals surface area contributed by atoms with Gasteiger partial charge in [-0.05, 0) is 0 Å². The molecule has 12 heavy (non-hydrogen) atoms. The van der Waals surface area contributed by atoms with E-state index < -0.39 is 18.6 Å². The molecule has 0 aliphatic heterocycles. The third kappa shape index (κ3) is 2.87. The van der Waals surface area contributed by atoms with Crippen molar-refractivity contribution in [3.8, 4) is 0 Å². The van der Waals surface area contributed by atoms with Crippen molar-refractivity contribution in [1.82, 2.24) is 0 Å². The predicted octanol–water partition coefficient (Wildman–Crippen LogP) is 2.35. The normalized spacial score (nSPS) is 15.0.